The molecule has 0 saturated heterocycles. The normalized spacial score (nSPS) is 11.8. The Labute approximate surface area is 146 Å². The Bertz CT molecular complexity index is 772. The lowest BCUT2D eigenvalue weighted by atomic mass is 9.98. The Kier molecular flexibility index (Phi) is 5.71. The maximum atomic E-state index is 12.0. The van der Waals surface area contributed by atoms with Crippen LogP contribution in [0.15, 0.2) is 48.2 Å². The number of benzene rings is 2. The summed E-state index contributed by atoms with van der Waals surface area (Å²) >= 11 is 6.30. The molecule has 0 aliphatic carbocycles. The first-order chi connectivity index (χ1) is 11.5. The second-order valence-corrected chi connectivity index (χ2v) is 5.74. The number of nitrogens with two attached hydrogens (primary N) is 3. The Morgan fingerprint density at radius 3 is 2.42 bits per heavy atom. The van der Waals surface area contributed by atoms with Gasteiger partial charge in [0, 0.05) is 17.7 Å². The third kappa shape index (κ3) is 3.63. The van der Waals surface area contributed by atoms with Crippen LogP contribution < -0.4 is 22.5 Å². The fourth-order valence-corrected chi connectivity index (χ4v) is 2.60. The highest BCUT2D eigenvalue weighted by atomic mass is 35.5. The zero-order chi connectivity index (χ0) is 17.7. The lowest BCUT2D eigenvalue weighted by molar-refractivity contribution is -0.117. The van der Waals surface area contributed by atoms with Crippen molar-refractivity contribution in [3.05, 3.63) is 58.7 Å². The molecular weight excluding hydrogens is 324 g/mol. The molecular formula is C18H21ClN4O. The number of halogens is 1. The van der Waals surface area contributed by atoms with E-state index in [1.165, 1.54) is 0 Å². The third-order valence-corrected chi connectivity index (χ3v) is 3.93. The Balaban J connectivity index is 2.51. The molecule has 0 radical (unpaired) electrons. The molecule has 7 N–H and O–H groups in total. The highest BCUT2D eigenvalue weighted by Gasteiger charge is 2.17. The monoisotopic (exact) mass is 344 g/mol. The van der Waals surface area contributed by atoms with E-state index in [1.807, 2.05) is 37.3 Å². The van der Waals surface area contributed by atoms with Crippen LogP contribution in [-0.4, -0.2) is 12.5 Å². The van der Waals surface area contributed by atoms with Gasteiger partial charge in [0.2, 0.25) is 0 Å². The first-order valence-corrected chi connectivity index (χ1v) is 8.02. The van der Waals surface area contributed by atoms with Crippen molar-refractivity contribution in [2.45, 2.75) is 13.3 Å². The molecule has 2 aromatic rings. The lowest BCUT2D eigenvalue weighted by Gasteiger charge is -2.15. The maximum absolute atomic E-state index is 12.0. The number of hydrogen-bond donors (Lipinski definition) is 4. The second-order valence-electron chi connectivity index (χ2n) is 5.33. The van der Waals surface area contributed by atoms with Gasteiger partial charge in [0.15, 0.2) is 0 Å². The number of amides is 1. The average molecular weight is 345 g/mol. The van der Waals surface area contributed by atoms with Crippen LogP contribution in [0.2, 0.25) is 5.02 Å². The van der Waals surface area contributed by atoms with Crippen molar-refractivity contribution in [1.29, 1.82) is 0 Å². The van der Waals surface area contributed by atoms with Gasteiger partial charge >= 0.3 is 0 Å². The summed E-state index contributed by atoms with van der Waals surface area (Å²) in [5.74, 6) is -0.412. The summed E-state index contributed by atoms with van der Waals surface area (Å²) < 4.78 is 0. The summed E-state index contributed by atoms with van der Waals surface area (Å²) in [5, 5.41) is 3.20. The number of anilines is 1. The van der Waals surface area contributed by atoms with Gasteiger partial charge in [-0.05, 0) is 24.1 Å². The van der Waals surface area contributed by atoms with Crippen molar-refractivity contribution >= 4 is 28.9 Å². The number of nitrogens with one attached hydrogen (secondary N) is 1. The fraction of sp³-hybridized carbons (Fsp3) is 0.167. The highest BCUT2D eigenvalue weighted by molar-refractivity contribution is 6.34. The van der Waals surface area contributed by atoms with E-state index in [0.717, 1.165) is 12.0 Å². The Morgan fingerprint density at radius 2 is 1.79 bits per heavy atom. The molecule has 6 heteroatoms. The summed E-state index contributed by atoms with van der Waals surface area (Å²) in [4.78, 5) is 12.0. The van der Waals surface area contributed by atoms with Crippen molar-refractivity contribution in [1.82, 2.24) is 5.32 Å². The predicted octanol–water partition coefficient (Wildman–Crippen LogP) is 2.70. The summed E-state index contributed by atoms with van der Waals surface area (Å²) in [5.41, 5.74) is 20.7. The van der Waals surface area contributed by atoms with Crippen molar-refractivity contribution < 1.29 is 4.79 Å². The zero-order valence-corrected chi connectivity index (χ0v) is 14.2. The molecule has 0 spiro atoms. The summed E-state index contributed by atoms with van der Waals surface area (Å²) in [6, 6.07) is 12.9. The molecule has 0 bridgehead atoms. The van der Waals surface area contributed by atoms with Crippen molar-refractivity contribution in [2.75, 3.05) is 12.3 Å². The van der Waals surface area contributed by atoms with Gasteiger partial charge in [-0.15, -0.1) is 0 Å². The largest absolute Gasteiger partial charge is 0.398 e. The van der Waals surface area contributed by atoms with E-state index >= 15 is 0 Å². The lowest BCUT2D eigenvalue weighted by Crippen LogP contribution is -2.31. The van der Waals surface area contributed by atoms with Gasteiger partial charge in [0.05, 0.1) is 16.4 Å². The SMILES string of the molecule is CCCNC(=O)/C(N)=C(\N)c1ccc(Cl)c(-c2ccccc2)c1N. The van der Waals surface area contributed by atoms with Crippen LogP contribution >= 0.6 is 11.6 Å². The minimum atomic E-state index is -0.412. The minimum absolute atomic E-state index is 0.0588. The minimum Gasteiger partial charge on any atom is -0.398 e. The maximum Gasteiger partial charge on any atom is 0.269 e. The molecule has 2 rings (SSSR count). The Morgan fingerprint density at radius 1 is 1.12 bits per heavy atom. The van der Waals surface area contributed by atoms with Crippen LogP contribution in [0.5, 0.6) is 0 Å². The van der Waals surface area contributed by atoms with Crippen LogP contribution in [-0.2, 0) is 4.79 Å². The molecule has 126 valence electrons. The molecule has 24 heavy (non-hydrogen) atoms. The van der Waals surface area contributed by atoms with Gasteiger partial charge in [0.25, 0.3) is 5.91 Å². The van der Waals surface area contributed by atoms with Gasteiger partial charge in [-0.3, -0.25) is 4.79 Å². The van der Waals surface area contributed by atoms with Gasteiger partial charge in [-0.25, -0.2) is 0 Å². The zero-order valence-electron chi connectivity index (χ0n) is 13.5. The van der Waals surface area contributed by atoms with E-state index < -0.39 is 5.91 Å². The highest BCUT2D eigenvalue weighted by Crippen LogP contribution is 2.37. The number of rotatable bonds is 5. The molecule has 0 fully saturated rings. The second kappa shape index (κ2) is 7.75. The van der Waals surface area contributed by atoms with Crippen molar-refractivity contribution in [3.63, 3.8) is 0 Å². The molecule has 0 saturated carbocycles. The quantitative estimate of drug-likeness (QED) is 0.494. The number of nitrogen functional groups attached to an aromatic ring is 1. The third-order valence-electron chi connectivity index (χ3n) is 3.62. The molecule has 0 aromatic heterocycles. The van der Waals surface area contributed by atoms with E-state index in [9.17, 15) is 4.79 Å². The number of carbonyl (C=O) groups is 1. The smallest absolute Gasteiger partial charge is 0.269 e. The molecule has 1 amide bonds. The van der Waals surface area contributed by atoms with Gasteiger partial charge in [-0.2, -0.15) is 0 Å². The molecule has 5 nitrogen and oxygen atoms in total. The number of carbonyl (C=O) groups excluding carboxylic acids is 1. The van der Waals surface area contributed by atoms with Gasteiger partial charge in [-0.1, -0.05) is 48.9 Å². The van der Waals surface area contributed by atoms with E-state index in [4.69, 9.17) is 28.8 Å². The molecule has 2 aromatic carbocycles. The predicted molar refractivity (Wildman–Crippen MR) is 99.9 cm³/mol. The van der Waals surface area contributed by atoms with E-state index in [0.29, 0.717) is 28.4 Å². The van der Waals surface area contributed by atoms with Crippen molar-refractivity contribution in [3.8, 4) is 11.1 Å². The summed E-state index contributed by atoms with van der Waals surface area (Å²) in [7, 11) is 0. The summed E-state index contributed by atoms with van der Waals surface area (Å²) in [6.45, 7) is 2.48. The van der Waals surface area contributed by atoms with E-state index in [2.05, 4.69) is 5.32 Å². The molecule has 0 heterocycles. The Hall–Kier alpha value is -2.66. The molecule has 0 unspecified atom stereocenters. The van der Waals surface area contributed by atoms with Gasteiger partial charge in [0.1, 0.15) is 5.70 Å². The topological polar surface area (TPSA) is 107 Å². The average Bonchev–Trinajstić information content (AvgIpc) is 2.59. The van der Waals surface area contributed by atoms with Crippen LogP contribution in [0.1, 0.15) is 18.9 Å². The number of hydrogen-bond acceptors (Lipinski definition) is 4. The van der Waals surface area contributed by atoms with Crippen LogP contribution in [0.3, 0.4) is 0 Å². The fourth-order valence-electron chi connectivity index (χ4n) is 2.33. The van der Waals surface area contributed by atoms with Gasteiger partial charge < -0.3 is 22.5 Å². The van der Waals surface area contributed by atoms with Crippen LogP contribution in [0.25, 0.3) is 16.8 Å². The van der Waals surface area contributed by atoms with E-state index in [1.54, 1.807) is 12.1 Å². The summed E-state index contributed by atoms with van der Waals surface area (Å²) in [6.07, 6.45) is 0.806. The van der Waals surface area contributed by atoms with E-state index in [-0.39, 0.29) is 11.4 Å². The van der Waals surface area contributed by atoms with Crippen LogP contribution in [0, 0.1) is 0 Å². The first kappa shape index (κ1) is 17.7. The first-order valence-electron chi connectivity index (χ1n) is 7.64. The van der Waals surface area contributed by atoms with Crippen molar-refractivity contribution in [2.24, 2.45) is 11.5 Å². The molecule has 0 aliphatic rings. The van der Waals surface area contributed by atoms with Crippen LogP contribution in [0.4, 0.5) is 5.69 Å². The molecule has 0 aliphatic heterocycles. The standard InChI is InChI=1S/C18H21ClN4O/c1-2-10-23-18(24)17(22)16(21)12-8-9-13(19)14(15(12)20)11-6-4-3-5-7-11/h3-9H,2,10,20-22H2,1H3,(H,23,24)/b17-16+. The molecule has 0 atom stereocenters.